The lowest BCUT2D eigenvalue weighted by Gasteiger charge is -2.16. The first-order valence-electron chi connectivity index (χ1n) is 11.6. The summed E-state index contributed by atoms with van der Waals surface area (Å²) in [4.78, 5) is 30.7. The minimum atomic E-state index is -0.647. The topological polar surface area (TPSA) is 73.2 Å². The average Bonchev–Trinajstić information content (AvgIpc) is 3.34. The van der Waals surface area contributed by atoms with E-state index in [1.54, 1.807) is 16.7 Å². The van der Waals surface area contributed by atoms with E-state index in [2.05, 4.69) is 23.5 Å². The van der Waals surface area contributed by atoms with Crippen molar-refractivity contribution in [2.45, 2.75) is 39.0 Å². The molecule has 0 amide bonds. The quantitative estimate of drug-likeness (QED) is 0.348. The number of carbonyl (C=O) groups is 1. The van der Waals surface area contributed by atoms with Gasteiger partial charge >= 0.3 is 5.97 Å². The fourth-order valence-corrected chi connectivity index (χ4v) is 4.34. The van der Waals surface area contributed by atoms with E-state index >= 15 is 0 Å². The summed E-state index contributed by atoms with van der Waals surface area (Å²) >= 11 is 0. The van der Waals surface area contributed by atoms with Gasteiger partial charge in [-0.3, -0.25) is 9.36 Å². The second-order valence-electron chi connectivity index (χ2n) is 8.43. The van der Waals surface area contributed by atoms with E-state index in [4.69, 9.17) is 4.74 Å². The molecule has 1 aliphatic heterocycles. The lowest BCUT2D eigenvalue weighted by atomic mass is 10.0. The molecule has 178 valence electrons. The fraction of sp³-hybridized carbons (Fsp3) is 0.207. The van der Waals surface area contributed by atoms with E-state index in [9.17, 15) is 9.59 Å². The molecule has 0 saturated heterocycles. The Bertz CT molecular complexity index is 1340. The Morgan fingerprint density at radius 3 is 2.69 bits per heavy atom. The molecule has 35 heavy (non-hydrogen) atoms. The van der Waals surface area contributed by atoms with Gasteiger partial charge in [-0.05, 0) is 48.1 Å². The van der Waals surface area contributed by atoms with Gasteiger partial charge in [0.05, 0.1) is 5.69 Å². The Morgan fingerprint density at radius 2 is 1.94 bits per heavy atom. The normalized spacial score (nSPS) is 14.8. The van der Waals surface area contributed by atoms with Crippen LogP contribution in [-0.4, -0.2) is 15.5 Å². The van der Waals surface area contributed by atoms with E-state index in [-0.39, 0.29) is 18.0 Å². The van der Waals surface area contributed by atoms with E-state index in [1.165, 1.54) is 0 Å². The number of rotatable bonds is 9. The predicted molar refractivity (Wildman–Crippen MR) is 139 cm³/mol. The summed E-state index contributed by atoms with van der Waals surface area (Å²) in [6.07, 6.45) is 6.54. The summed E-state index contributed by atoms with van der Waals surface area (Å²) in [6, 6.07) is 16.8. The maximum atomic E-state index is 13.3. The number of anilines is 1. The zero-order valence-electron chi connectivity index (χ0n) is 19.9. The van der Waals surface area contributed by atoms with E-state index in [0.717, 1.165) is 33.7 Å². The molecule has 2 heterocycles. The number of benzene rings is 2. The SMILES string of the molecule is C=C/C=C(\C=C)c1cccc(CNc2nc(C)c3n(c2=O)C(C(=O)OCc2ccccc2)CC3)c1. The zero-order valence-corrected chi connectivity index (χ0v) is 19.9. The number of carbonyl (C=O) groups excluding carboxylic acids is 1. The fourth-order valence-electron chi connectivity index (χ4n) is 4.34. The molecule has 0 fully saturated rings. The van der Waals surface area contributed by atoms with Gasteiger partial charge in [-0.15, -0.1) is 0 Å². The highest BCUT2D eigenvalue weighted by atomic mass is 16.5. The van der Waals surface area contributed by atoms with Crippen molar-refractivity contribution in [3.05, 3.63) is 124 Å². The molecule has 0 saturated carbocycles. The van der Waals surface area contributed by atoms with Gasteiger partial charge in [0.2, 0.25) is 0 Å². The van der Waals surface area contributed by atoms with Crippen LogP contribution in [0.3, 0.4) is 0 Å². The first kappa shape index (κ1) is 24.0. The van der Waals surface area contributed by atoms with Crippen molar-refractivity contribution < 1.29 is 9.53 Å². The van der Waals surface area contributed by atoms with Crippen LogP contribution in [0.25, 0.3) is 5.57 Å². The monoisotopic (exact) mass is 467 g/mol. The zero-order chi connectivity index (χ0) is 24.8. The lowest BCUT2D eigenvalue weighted by Crippen LogP contribution is -2.32. The highest BCUT2D eigenvalue weighted by Gasteiger charge is 2.33. The van der Waals surface area contributed by atoms with E-state index in [1.807, 2.05) is 67.6 Å². The number of hydrogen-bond acceptors (Lipinski definition) is 5. The van der Waals surface area contributed by atoms with Gasteiger partial charge < -0.3 is 10.1 Å². The number of nitrogens with one attached hydrogen (secondary N) is 1. The molecule has 2 aromatic carbocycles. The molecule has 1 atom stereocenters. The minimum Gasteiger partial charge on any atom is -0.459 e. The van der Waals surface area contributed by atoms with Crippen molar-refractivity contribution >= 4 is 17.4 Å². The number of esters is 1. The molecule has 6 heteroatoms. The third kappa shape index (κ3) is 5.32. The average molecular weight is 468 g/mol. The molecule has 0 bridgehead atoms. The Labute approximate surface area is 205 Å². The summed E-state index contributed by atoms with van der Waals surface area (Å²) in [7, 11) is 0. The number of ether oxygens (including phenoxy) is 1. The highest BCUT2D eigenvalue weighted by molar-refractivity contribution is 5.75. The molecule has 1 aliphatic rings. The van der Waals surface area contributed by atoms with Crippen LogP contribution in [0.4, 0.5) is 5.82 Å². The van der Waals surface area contributed by atoms with Gasteiger partial charge in [0.25, 0.3) is 5.56 Å². The Kier molecular flexibility index (Phi) is 7.41. The van der Waals surface area contributed by atoms with E-state index < -0.39 is 12.0 Å². The van der Waals surface area contributed by atoms with Gasteiger partial charge in [-0.25, -0.2) is 9.78 Å². The molecular weight excluding hydrogens is 438 g/mol. The molecular formula is C29H29N3O3. The standard InChI is InChI=1S/C29H29N3O3/c1-4-10-23(5-2)24-14-9-13-22(17-24)18-30-27-28(33)32-25(20(3)31-27)15-16-26(32)29(34)35-19-21-11-7-6-8-12-21/h4-14,17,26H,1-2,15-16,18-19H2,3H3,(H,30,31)/b23-10+. The van der Waals surface area contributed by atoms with Crippen molar-refractivity contribution in [2.24, 2.45) is 0 Å². The lowest BCUT2D eigenvalue weighted by molar-refractivity contribution is -0.148. The maximum Gasteiger partial charge on any atom is 0.329 e. The van der Waals surface area contributed by atoms with Crippen molar-refractivity contribution in [3.8, 4) is 0 Å². The Hall–Kier alpha value is -4.19. The van der Waals surface area contributed by atoms with Gasteiger partial charge in [-0.1, -0.05) is 79.9 Å². The number of aromatic nitrogens is 2. The van der Waals surface area contributed by atoms with Crippen molar-refractivity contribution in [1.29, 1.82) is 0 Å². The van der Waals surface area contributed by atoms with Crippen LogP contribution in [-0.2, 0) is 29.1 Å². The van der Waals surface area contributed by atoms with Gasteiger partial charge in [0.15, 0.2) is 5.82 Å². The van der Waals surface area contributed by atoms with Crippen LogP contribution in [0.15, 0.2) is 90.8 Å². The van der Waals surface area contributed by atoms with Crippen molar-refractivity contribution in [1.82, 2.24) is 9.55 Å². The predicted octanol–water partition coefficient (Wildman–Crippen LogP) is 5.15. The largest absolute Gasteiger partial charge is 0.459 e. The maximum absolute atomic E-state index is 13.3. The van der Waals surface area contributed by atoms with Gasteiger partial charge in [0, 0.05) is 12.2 Å². The first-order chi connectivity index (χ1) is 17.0. The van der Waals surface area contributed by atoms with E-state index in [0.29, 0.717) is 19.4 Å². The number of hydrogen-bond donors (Lipinski definition) is 1. The van der Waals surface area contributed by atoms with Crippen LogP contribution in [0, 0.1) is 6.92 Å². The molecule has 1 aromatic heterocycles. The van der Waals surface area contributed by atoms with Gasteiger partial charge in [-0.2, -0.15) is 0 Å². The van der Waals surface area contributed by atoms with Gasteiger partial charge in [0.1, 0.15) is 12.6 Å². The van der Waals surface area contributed by atoms with Crippen LogP contribution < -0.4 is 10.9 Å². The second-order valence-corrected chi connectivity index (χ2v) is 8.43. The third-order valence-corrected chi connectivity index (χ3v) is 6.11. The minimum absolute atomic E-state index is 0.179. The number of nitrogens with zero attached hydrogens (tertiary/aromatic N) is 2. The molecule has 1 N–H and O–H groups in total. The molecule has 3 aromatic rings. The number of aryl methyl sites for hydroxylation is 1. The molecule has 1 unspecified atom stereocenters. The second kappa shape index (κ2) is 10.8. The third-order valence-electron chi connectivity index (χ3n) is 6.11. The molecule has 6 nitrogen and oxygen atoms in total. The molecule has 0 radical (unpaired) electrons. The van der Waals surface area contributed by atoms with Crippen molar-refractivity contribution in [2.75, 3.05) is 5.32 Å². The van der Waals surface area contributed by atoms with Crippen LogP contribution in [0.5, 0.6) is 0 Å². The molecule has 4 rings (SSSR count). The Morgan fingerprint density at radius 1 is 1.17 bits per heavy atom. The summed E-state index contributed by atoms with van der Waals surface area (Å²) in [5.74, 6) is -0.171. The summed E-state index contributed by atoms with van der Waals surface area (Å²) in [5, 5.41) is 3.17. The van der Waals surface area contributed by atoms with Crippen LogP contribution in [0.2, 0.25) is 0 Å². The highest BCUT2D eigenvalue weighted by Crippen LogP contribution is 2.27. The Balaban J connectivity index is 1.52. The number of fused-ring (bicyclic) bond motifs is 1. The summed E-state index contributed by atoms with van der Waals surface area (Å²) < 4.78 is 7.09. The molecule has 0 aliphatic carbocycles. The number of allylic oxidation sites excluding steroid dienone is 4. The summed E-state index contributed by atoms with van der Waals surface area (Å²) in [5.41, 5.74) is 5.09. The molecule has 0 spiro atoms. The first-order valence-corrected chi connectivity index (χ1v) is 11.6. The smallest absolute Gasteiger partial charge is 0.329 e. The van der Waals surface area contributed by atoms with Crippen molar-refractivity contribution in [3.63, 3.8) is 0 Å². The summed E-state index contributed by atoms with van der Waals surface area (Å²) in [6.45, 7) is 10.1. The van der Waals surface area contributed by atoms with Crippen LogP contribution in [0.1, 0.15) is 40.5 Å². The van der Waals surface area contributed by atoms with Crippen LogP contribution >= 0.6 is 0 Å².